The number of fused-ring (bicyclic) bond motifs is 1. The van der Waals surface area contributed by atoms with E-state index in [1.165, 1.54) is 6.07 Å². The summed E-state index contributed by atoms with van der Waals surface area (Å²) in [5, 5.41) is 24.9. The lowest BCUT2D eigenvalue weighted by atomic mass is 9.98. The summed E-state index contributed by atoms with van der Waals surface area (Å²) in [6.45, 7) is 3.37. The fourth-order valence-electron chi connectivity index (χ4n) is 2.48. The molecule has 0 aromatic heterocycles. The average Bonchev–Trinajstić information content (AvgIpc) is 2.54. The first kappa shape index (κ1) is 17.4. The van der Waals surface area contributed by atoms with E-state index in [-0.39, 0.29) is 30.3 Å². The Morgan fingerprint density at radius 1 is 1.29 bits per heavy atom. The topological polar surface area (TPSA) is 102 Å². The Balaban J connectivity index is 2.33. The molecular weight excluding hydrogens is 312 g/mol. The Bertz CT molecular complexity index is 799. The molecule has 2 rings (SSSR count). The van der Waals surface area contributed by atoms with Crippen molar-refractivity contribution in [1.82, 2.24) is 0 Å². The monoisotopic (exact) mass is 330 g/mol. The summed E-state index contributed by atoms with van der Waals surface area (Å²) in [7, 11) is 0. The van der Waals surface area contributed by atoms with Crippen molar-refractivity contribution in [3.63, 3.8) is 0 Å². The van der Waals surface area contributed by atoms with Crippen LogP contribution in [0.15, 0.2) is 41.6 Å². The number of esters is 1. The van der Waals surface area contributed by atoms with Gasteiger partial charge < -0.3 is 9.94 Å². The second-order valence-electron chi connectivity index (χ2n) is 5.54. The van der Waals surface area contributed by atoms with Gasteiger partial charge in [0.1, 0.15) is 0 Å². The molecule has 24 heavy (non-hydrogen) atoms. The molecular formula is C17H18N2O5. The molecule has 0 aliphatic carbocycles. The van der Waals surface area contributed by atoms with Crippen LogP contribution in [0.2, 0.25) is 0 Å². The average molecular weight is 330 g/mol. The zero-order chi connectivity index (χ0) is 17.7. The second kappa shape index (κ2) is 7.54. The zero-order valence-corrected chi connectivity index (χ0v) is 13.4. The van der Waals surface area contributed by atoms with Crippen LogP contribution in [-0.4, -0.2) is 27.9 Å². The molecule has 2 aromatic carbocycles. The summed E-state index contributed by atoms with van der Waals surface area (Å²) >= 11 is 0. The molecule has 0 heterocycles. The van der Waals surface area contributed by atoms with E-state index in [0.717, 1.165) is 10.8 Å². The smallest absolute Gasteiger partial charge is 0.356 e. The van der Waals surface area contributed by atoms with Crippen molar-refractivity contribution >= 4 is 28.1 Å². The normalized spacial score (nSPS) is 11.7. The molecule has 0 bridgehead atoms. The number of nitro benzene ring substituents is 1. The quantitative estimate of drug-likeness (QED) is 0.287. The van der Waals surface area contributed by atoms with Crippen molar-refractivity contribution in [3.8, 4) is 0 Å². The van der Waals surface area contributed by atoms with E-state index in [4.69, 9.17) is 9.94 Å². The number of nitrogens with zero attached hydrogens (tertiary/aromatic N) is 2. The highest BCUT2D eigenvalue weighted by Crippen LogP contribution is 2.29. The van der Waals surface area contributed by atoms with Gasteiger partial charge in [-0.1, -0.05) is 29.4 Å². The minimum absolute atomic E-state index is 0.0248. The fraction of sp³-hybridized carbons (Fsp3) is 0.294. The third-order valence-corrected chi connectivity index (χ3v) is 3.52. The van der Waals surface area contributed by atoms with Crippen LogP contribution in [0.25, 0.3) is 10.8 Å². The Labute approximate surface area is 138 Å². The Hall–Kier alpha value is -2.96. The first-order valence-electron chi connectivity index (χ1n) is 7.51. The van der Waals surface area contributed by atoms with E-state index in [2.05, 4.69) is 5.16 Å². The van der Waals surface area contributed by atoms with Gasteiger partial charge >= 0.3 is 5.97 Å². The van der Waals surface area contributed by atoms with Gasteiger partial charge in [-0.3, -0.25) is 10.1 Å². The van der Waals surface area contributed by atoms with Crippen molar-refractivity contribution in [3.05, 3.63) is 52.1 Å². The van der Waals surface area contributed by atoms with Gasteiger partial charge in [-0.15, -0.1) is 0 Å². The van der Waals surface area contributed by atoms with E-state index in [0.29, 0.717) is 5.56 Å². The number of benzene rings is 2. The third-order valence-electron chi connectivity index (χ3n) is 3.52. The summed E-state index contributed by atoms with van der Waals surface area (Å²) in [6, 6.07) is 10.4. The van der Waals surface area contributed by atoms with E-state index in [1.54, 1.807) is 32.0 Å². The number of nitro groups is 1. The minimum atomic E-state index is -0.726. The van der Waals surface area contributed by atoms with Crippen molar-refractivity contribution < 1.29 is 19.7 Å². The van der Waals surface area contributed by atoms with Gasteiger partial charge in [0.15, 0.2) is 5.71 Å². The summed E-state index contributed by atoms with van der Waals surface area (Å²) in [5.74, 6) is -0.726. The van der Waals surface area contributed by atoms with Gasteiger partial charge in [-0.2, -0.15) is 0 Å². The number of carbonyl (C=O) groups excluding carboxylic acids is 1. The van der Waals surface area contributed by atoms with E-state index < -0.39 is 10.9 Å². The predicted molar refractivity (Wildman–Crippen MR) is 89.4 cm³/mol. The van der Waals surface area contributed by atoms with Crippen LogP contribution < -0.4 is 0 Å². The van der Waals surface area contributed by atoms with Crippen LogP contribution in [0.5, 0.6) is 0 Å². The second-order valence-corrected chi connectivity index (χ2v) is 5.54. The molecule has 1 N–H and O–H groups in total. The maximum atomic E-state index is 11.8. The SMILES string of the molecule is CC(C)OC(=O)C(CCc1c([N+](=O)[O-])ccc2ccccc12)=NO. The summed E-state index contributed by atoms with van der Waals surface area (Å²) in [5.41, 5.74) is 0.311. The number of hydrogen-bond donors (Lipinski definition) is 1. The molecule has 0 amide bonds. The minimum Gasteiger partial charge on any atom is -0.458 e. The van der Waals surface area contributed by atoms with Crippen molar-refractivity contribution in [1.29, 1.82) is 0 Å². The van der Waals surface area contributed by atoms with Crippen LogP contribution in [-0.2, 0) is 16.0 Å². The molecule has 7 nitrogen and oxygen atoms in total. The van der Waals surface area contributed by atoms with Gasteiger partial charge in [-0.05, 0) is 37.1 Å². The van der Waals surface area contributed by atoms with Gasteiger partial charge in [0.25, 0.3) is 5.69 Å². The van der Waals surface area contributed by atoms with E-state index in [1.807, 2.05) is 12.1 Å². The standard InChI is InChI=1S/C17H18N2O5/c1-11(2)24-17(20)15(18-21)9-8-14-13-6-4-3-5-12(13)7-10-16(14)19(22)23/h3-7,10-11,21H,8-9H2,1-2H3. The lowest BCUT2D eigenvalue weighted by Crippen LogP contribution is -2.22. The molecule has 0 atom stereocenters. The lowest BCUT2D eigenvalue weighted by molar-refractivity contribution is -0.385. The largest absolute Gasteiger partial charge is 0.458 e. The van der Waals surface area contributed by atoms with E-state index >= 15 is 0 Å². The predicted octanol–water partition coefficient (Wildman–Crippen LogP) is 3.46. The van der Waals surface area contributed by atoms with Crippen molar-refractivity contribution in [2.24, 2.45) is 5.16 Å². The van der Waals surface area contributed by atoms with Gasteiger partial charge in [0.05, 0.1) is 11.0 Å². The molecule has 0 spiro atoms. The summed E-state index contributed by atoms with van der Waals surface area (Å²) < 4.78 is 4.99. The summed E-state index contributed by atoms with van der Waals surface area (Å²) in [6.07, 6.45) is -0.123. The molecule has 2 aromatic rings. The maximum Gasteiger partial charge on any atom is 0.356 e. The van der Waals surface area contributed by atoms with Crippen molar-refractivity contribution in [2.45, 2.75) is 32.8 Å². The number of ether oxygens (including phenoxy) is 1. The van der Waals surface area contributed by atoms with Gasteiger partial charge in [0, 0.05) is 18.1 Å². The highest BCUT2D eigenvalue weighted by molar-refractivity contribution is 6.36. The fourth-order valence-corrected chi connectivity index (χ4v) is 2.48. The number of oxime groups is 1. The molecule has 0 radical (unpaired) electrons. The zero-order valence-electron chi connectivity index (χ0n) is 13.4. The van der Waals surface area contributed by atoms with Crippen LogP contribution in [0.1, 0.15) is 25.8 Å². The van der Waals surface area contributed by atoms with E-state index in [9.17, 15) is 14.9 Å². The molecule has 126 valence electrons. The van der Waals surface area contributed by atoms with Gasteiger partial charge in [0.2, 0.25) is 0 Å². The lowest BCUT2D eigenvalue weighted by Gasteiger charge is -2.10. The molecule has 7 heteroatoms. The van der Waals surface area contributed by atoms with Crippen LogP contribution >= 0.6 is 0 Å². The highest BCUT2D eigenvalue weighted by Gasteiger charge is 2.20. The number of carbonyl (C=O) groups is 1. The first-order valence-corrected chi connectivity index (χ1v) is 7.51. The Morgan fingerprint density at radius 2 is 2.00 bits per heavy atom. The molecule has 0 fully saturated rings. The van der Waals surface area contributed by atoms with Crippen molar-refractivity contribution in [2.75, 3.05) is 0 Å². The molecule has 0 saturated carbocycles. The van der Waals surface area contributed by atoms with Gasteiger partial charge in [-0.25, -0.2) is 4.79 Å². The number of aryl methyl sites for hydroxylation is 1. The Morgan fingerprint density at radius 3 is 2.62 bits per heavy atom. The molecule has 0 aliphatic rings. The summed E-state index contributed by atoms with van der Waals surface area (Å²) in [4.78, 5) is 22.7. The maximum absolute atomic E-state index is 11.8. The number of rotatable bonds is 6. The molecule has 0 unspecified atom stereocenters. The first-order chi connectivity index (χ1) is 11.4. The third kappa shape index (κ3) is 3.87. The van der Waals surface area contributed by atoms with Crippen LogP contribution in [0, 0.1) is 10.1 Å². The van der Waals surface area contributed by atoms with Crippen LogP contribution in [0.4, 0.5) is 5.69 Å². The molecule has 0 saturated heterocycles. The number of hydrogen-bond acceptors (Lipinski definition) is 6. The highest BCUT2D eigenvalue weighted by atomic mass is 16.6. The Kier molecular flexibility index (Phi) is 5.47. The molecule has 0 aliphatic heterocycles. The van der Waals surface area contributed by atoms with Crippen LogP contribution in [0.3, 0.4) is 0 Å².